The van der Waals surface area contributed by atoms with Crippen LogP contribution in [0.15, 0.2) is 0 Å². The van der Waals surface area contributed by atoms with Crippen molar-refractivity contribution < 1.29 is 44.0 Å². The maximum absolute atomic E-state index is 8.88. The number of phosphoric acid groups is 2. The van der Waals surface area contributed by atoms with Crippen LogP contribution in [0.1, 0.15) is 85.5 Å². The van der Waals surface area contributed by atoms with E-state index >= 15 is 0 Å². The van der Waals surface area contributed by atoms with Crippen LogP contribution >= 0.6 is 15.6 Å². The highest BCUT2D eigenvalue weighted by Gasteiger charge is 2.00. The molecule has 0 radical (unpaired) electrons. The zero-order chi connectivity index (χ0) is 19.4. The third kappa shape index (κ3) is 149. The van der Waals surface area contributed by atoms with Crippen LogP contribution in [0.5, 0.6) is 0 Å². The highest BCUT2D eigenvalue weighted by Crippen LogP contribution is 2.26. The Hall–Kier alpha value is 0.180. The lowest BCUT2D eigenvalue weighted by Gasteiger charge is -1.98. The van der Waals surface area contributed by atoms with Crippen LogP contribution in [0.2, 0.25) is 0 Å². The highest BCUT2D eigenvalue weighted by molar-refractivity contribution is 7.45. The molecule has 0 atom stereocenters. The lowest BCUT2D eigenvalue weighted by molar-refractivity contribution is 0.272. The minimum Gasteiger partial charge on any atom is -0.412 e. The first kappa shape index (κ1) is 35.3. The summed E-state index contributed by atoms with van der Waals surface area (Å²) >= 11 is 0. The molecule has 0 aromatic carbocycles. The quantitative estimate of drug-likeness (QED) is 0.265. The van der Waals surface area contributed by atoms with Gasteiger partial charge >= 0.3 is 15.6 Å². The molecule has 0 bridgehead atoms. The van der Waals surface area contributed by atoms with Crippen LogP contribution < -0.4 is 0 Å². The predicted molar refractivity (Wildman–Crippen MR) is 96.4 cm³/mol. The molecule has 0 aliphatic rings. The van der Waals surface area contributed by atoms with E-state index in [2.05, 4.69) is 13.8 Å². The molecule has 0 rings (SSSR count). The Morgan fingerprint density at radius 1 is 0.542 bits per heavy atom. The van der Waals surface area contributed by atoms with Crippen molar-refractivity contribution in [3.8, 4) is 0 Å². The average molecular weight is 400 g/mol. The fourth-order valence-corrected chi connectivity index (χ4v) is 1.38. The van der Waals surface area contributed by atoms with Crippen LogP contribution in [0, 0.1) is 0 Å². The second-order valence-corrected chi connectivity index (χ2v) is 6.55. The molecular formula is C13H38O9P2. The Morgan fingerprint density at radius 3 is 0.792 bits per heavy atom. The third-order valence-corrected chi connectivity index (χ3v) is 2.21. The summed E-state index contributed by atoms with van der Waals surface area (Å²) in [4.78, 5) is 43.1. The predicted octanol–water partition coefficient (Wildman–Crippen LogP) is 2.88. The van der Waals surface area contributed by atoms with Gasteiger partial charge in [0.25, 0.3) is 0 Å². The van der Waals surface area contributed by atoms with E-state index < -0.39 is 15.6 Å². The fourth-order valence-electron chi connectivity index (χ4n) is 1.38. The zero-order valence-electron chi connectivity index (χ0n) is 15.3. The van der Waals surface area contributed by atoms with E-state index in [1.54, 1.807) is 0 Å². The standard InChI is InChI=1S/C11H24.C2H6.2H3O4P.H2O/c1-3-5-7-9-11-10-8-6-4-2;1-2;2*1-5(2,3)4;/h3-11H2,1-2H3;1-2H3;2*(H3,1,2,3,4);1H2. The van der Waals surface area contributed by atoms with Gasteiger partial charge in [0.1, 0.15) is 0 Å². The second kappa shape index (κ2) is 25.4. The monoisotopic (exact) mass is 400 g/mol. The van der Waals surface area contributed by atoms with Crippen LogP contribution in [-0.2, 0) is 9.13 Å². The zero-order valence-corrected chi connectivity index (χ0v) is 17.0. The van der Waals surface area contributed by atoms with Crippen LogP contribution in [0.3, 0.4) is 0 Å². The van der Waals surface area contributed by atoms with Crippen molar-refractivity contribution >= 4 is 15.6 Å². The van der Waals surface area contributed by atoms with Crippen LogP contribution in [0.4, 0.5) is 0 Å². The van der Waals surface area contributed by atoms with E-state index in [9.17, 15) is 0 Å². The number of hydrogen-bond donors (Lipinski definition) is 6. The lowest BCUT2D eigenvalue weighted by atomic mass is 10.1. The SMILES string of the molecule is CC.CCCCCCCCCCC.O.O=P(O)(O)O.O=P(O)(O)O. The van der Waals surface area contributed by atoms with Gasteiger partial charge in [-0.1, -0.05) is 85.5 Å². The molecule has 0 heterocycles. The average Bonchev–Trinajstić information content (AvgIpc) is 2.36. The largest absolute Gasteiger partial charge is 0.466 e. The van der Waals surface area contributed by atoms with E-state index in [4.69, 9.17) is 38.5 Å². The maximum atomic E-state index is 8.88. The highest BCUT2D eigenvalue weighted by atomic mass is 31.2. The van der Waals surface area contributed by atoms with Crippen molar-refractivity contribution in [1.82, 2.24) is 0 Å². The van der Waals surface area contributed by atoms with Gasteiger partial charge in [0.05, 0.1) is 0 Å². The van der Waals surface area contributed by atoms with Crippen molar-refractivity contribution in [3.05, 3.63) is 0 Å². The first-order valence-electron chi connectivity index (χ1n) is 7.98. The molecule has 24 heavy (non-hydrogen) atoms. The van der Waals surface area contributed by atoms with Gasteiger partial charge in [-0.3, -0.25) is 0 Å². The Kier molecular flexibility index (Phi) is 37.4. The van der Waals surface area contributed by atoms with Gasteiger partial charge in [-0.2, -0.15) is 0 Å². The van der Waals surface area contributed by atoms with Crippen molar-refractivity contribution in [3.63, 3.8) is 0 Å². The van der Waals surface area contributed by atoms with Crippen LogP contribution in [0.25, 0.3) is 0 Å². The van der Waals surface area contributed by atoms with Crippen molar-refractivity contribution in [2.24, 2.45) is 0 Å². The number of hydrogen-bond acceptors (Lipinski definition) is 2. The smallest absolute Gasteiger partial charge is 0.412 e. The molecule has 0 spiro atoms. The minimum atomic E-state index is -4.64. The molecular weight excluding hydrogens is 362 g/mol. The Morgan fingerprint density at radius 2 is 0.667 bits per heavy atom. The summed E-state index contributed by atoms with van der Waals surface area (Å²) < 4.78 is 17.8. The molecule has 0 aromatic rings. The summed E-state index contributed by atoms with van der Waals surface area (Å²) in [7, 11) is -9.28. The minimum absolute atomic E-state index is 0. The van der Waals surface area contributed by atoms with Gasteiger partial charge in [-0.05, 0) is 0 Å². The number of unbranched alkanes of at least 4 members (excludes halogenated alkanes) is 8. The van der Waals surface area contributed by atoms with Gasteiger partial charge in [0, 0.05) is 0 Å². The molecule has 0 saturated heterocycles. The normalized spacial score (nSPS) is 9.92. The molecule has 0 aromatic heterocycles. The topological polar surface area (TPSA) is 187 Å². The molecule has 0 fully saturated rings. The first-order chi connectivity index (χ1) is 10.4. The summed E-state index contributed by atoms with van der Waals surface area (Å²) in [6.07, 6.45) is 13.0. The molecule has 9 nitrogen and oxygen atoms in total. The van der Waals surface area contributed by atoms with E-state index in [0.29, 0.717) is 0 Å². The molecule has 0 amide bonds. The third-order valence-electron chi connectivity index (χ3n) is 2.21. The second-order valence-electron chi connectivity index (χ2n) is 4.50. The lowest BCUT2D eigenvalue weighted by Crippen LogP contribution is -1.79. The van der Waals surface area contributed by atoms with E-state index in [1.165, 1.54) is 57.8 Å². The number of rotatable bonds is 8. The van der Waals surface area contributed by atoms with Crippen molar-refractivity contribution in [2.45, 2.75) is 85.5 Å². The summed E-state index contributed by atoms with van der Waals surface area (Å²) in [5.74, 6) is 0. The van der Waals surface area contributed by atoms with E-state index in [0.717, 1.165) is 0 Å². The molecule has 8 N–H and O–H groups in total. The van der Waals surface area contributed by atoms with E-state index in [-0.39, 0.29) is 5.48 Å². The van der Waals surface area contributed by atoms with Crippen molar-refractivity contribution in [1.29, 1.82) is 0 Å². The summed E-state index contributed by atoms with van der Waals surface area (Å²) in [5.41, 5.74) is 0. The van der Waals surface area contributed by atoms with Gasteiger partial charge in [0.2, 0.25) is 0 Å². The van der Waals surface area contributed by atoms with Crippen LogP contribution in [-0.4, -0.2) is 34.8 Å². The Bertz CT molecular complexity index is 245. The summed E-state index contributed by atoms with van der Waals surface area (Å²) in [6.45, 7) is 8.55. The molecule has 0 unspecified atom stereocenters. The van der Waals surface area contributed by atoms with Crippen molar-refractivity contribution in [2.75, 3.05) is 0 Å². The Balaban J connectivity index is -0.0000000783. The molecule has 0 aliphatic heterocycles. The fraction of sp³-hybridized carbons (Fsp3) is 1.00. The molecule has 0 saturated carbocycles. The Labute approximate surface area is 145 Å². The van der Waals surface area contributed by atoms with Gasteiger partial charge in [-0.15, -0.1) is 0 Å². The van der Waals surface area contributed by atoms with E-state index in [1.807, 2.05) is 13.8 Å². The first-order valence-corrected chi connectivity index (χ1v) is 11.1. The maximum Gasteiger partial charge on any atom is 0.466 e. The summed E-state index contributed by atoms with van der Waals surface area (Å²) in [5, 5.41) is 0. The molecule has 0 aliphatic carbocycles. The van der Waals surface area contributed by atoms with Gasteiger partial charge < -0.3 is 34.8 Å². The van der Waals surface area contributed by atoms with Gasteiger partial charge in [-0.25, -0.2) is 9.13 Å². The summed E-state index contributed by atoms with van der Waals surface area (Å²) in [6, 6.07) is 0. The van der Waals surface area contributed by atoms with Gasteiger partial charge in [0.15, 0.2) is 0 Å². The molecule has 154 valence electrons. The molecule has 11 heteroatoms.